The topological polar surface area (TPSA) is 172 Å². The fourth-order valence-electron chi connectivity index (χ4n) is 6.60. The molecule has 12 heteroatoms. The molecule has 1 saturated heterocycles. The fraction of sp³-hybridized carbons (Fsp3) is 0.294. The number of nitrogens with zero attached hydrogens (tertiary/aromatic N) is 3. The second-order valence-corrected chi connectivity index (χ2v) is 11.5. The number of anilines is 1. The van der Waals surface area contributed by atoms with Crippen LogP contribution in [0.25, 0.3) is 11.2 Å². The Hall–Kier alpha value is -4.72. The smallest absolute Gasteiger partial charge is 0.280 e. The summed E-state index contributed by atoms with van der Waals surface area (Å²) in [6.07, 6.45) is -1.90. The van der Waals surface area contributed by atoms with E-state index in [0.29, 0.717) is 16.7 Å². The normalized spacial score (nSPS) is 23.2. The van der Waals surface area contributed by atoms with E-state index in [1.54, 1.807) is 13.8 Å². The van der Waals surface area contributed by atoms with E-state index in [0.717, 1.165) is 0 Å². The number of hydrogen-bond donors (Lipinski definition) is 5. The van der Waals surface area contributed by atoms with Crippen molar-refractivity contribution < 1.29 is 29.6 Å². The Bertz CT molecular complexity index is 1800. The lowest BCUT2D eigenvalue weighted by Gasteiger charge is -2.54. The molecule has 46 heavy (non-hydrogen) atoms. The molecule has 5 N–H and O–H groups in total. The number of ether oxygens (including phenoxy) is 2. The third-order valence-corrected chi connectivity index (χ3v) is 8.69. The molecular weight excluding hydrogens is 590 g/mol. The summed E-state index contributed by atoms with van der Waals surface area (Å²) in [5.41, 5.74) is -2.92. The third kappa shape index (κ3) is 4.41. The van der Waals surface area contributed by atoms with Crippen molar-refractivity contribution in [3.05, 3.63) is 124 Å². The molecule has 238 valence electrons. The summed E-state index contributed by atoms with van der Waals surface area (Å²) in [6.45, 7) is 2.70. The second kappa shape index (κ2) is 11.9. The summed E-state index contributed by atoms with van der Waals surface area (Å²) >= 11 is 0. The zero-order valence-electron chi connectivity index (χ0n) is 25.5. The summed E-state index contributed by atoms with van der Waals surface area (Å²) in [5.74, 6) is -3.59. The molecule has 0 aliphatic carbocycles. The van der Waals surface area contributed by atoms with Gasteiger partial charge in [-0.25, -0.2) is 4.98 Å². The van der Waals surface area contributed by atoms with Gasteiger partial charge in [-0.05, 0) is 16.7 Å². The average Bonchev–Trinajstić information content (AvgIpc) is 3.61. The Morgan fingerprint density at radius 3 is 2.00 bits per heavy atom. The van der Waals surface area contributed by atoms with Crippen molar-refractivity contribution in [3.63, 3.8) is 0 Å². The van der Waals surface area contributed by atoms with Crippen LogP contribution in [0.4, 0.5) is 5.95 Å². The summed E-state index contributed by atoms with van der Waals surface area (Å²) in [5, 5.41) is 37.8. The van der Waals surface area contributed by atoms with Crippen molar-refractivity contribution in [3.8, 4) is 0 Å². The van der Waals surface area contributed by atoms with Crippen molar-refractivity contribution >= 4 is 23.0 Å². The van der Waals surface area contributed by atoms with E-state index >= 15 is 0 Å². The Balaban J connectivity index is 1.84. The number of rotatable bonds is 9. The van der Waals surface area contributed by atoms with E-state index in [4.69, 9.17) is 9.47 Å². The van der Waals surface area contributed by atoms with Crippen LogP contribution in [-0.4, -0.2) is 72.5 Å². The van der Waals surface area contributed by atoms with Crippen LogP contribution in [0.2, 0.25) is 0 Å². The number of imidazole rings is 1. The number of H-pyrrole nitrogens is 1. The standard InChI is InChI=1S/C34H35N5O7/c1-21(2)29(42)37-31-36-28-26(30(43)38-31)35-20-39(28)34(33(44,45-3)27(41)25(19-40)46-34)32(22-13-7-4-8-14-22,23-15-9-5-10-16-23)24-17-11-6-12-18-24/h4-18,20-21,25,27,40-41,44H,19H2,1-3H3,(H2,36,37,38,42,43)/t25-,27-,33+,34-/m1/s1. The average molecular weight is 626 g/mol. The van der Waals surface area contributed by atoms with Gasteiger partial charge in [-0.15, -0.1) is 0 Å². The zero-order chi connectivity index (χ0) is 32.7. The Morgan fingerprint density at radius 2 is 1.54 bits per heavy atom. The fourth-order valence-corrected chi connectivity index (χ4v) is 6.60. The van der Waals surface area contributed by atoms with Gasteiger partial charge < -0.3 is 24.8 Å². The number of carbonyl (C=O) groups excluding carboxylic acids is 1. The summed E-state index contributed by atoms with van der Waals surface area (Å²) in [6, 6.07) is 27.7. The molecule has 0 bridgehead atoms. The maximum atomic E-state index is 13.4. The van der Waals surface area contributed by atoms with Crippen LogP contribution in [0.5, 0.6) is 0 Å². The van der Waals surface area contributed by atoms with Gasteiger partial charge in [-0.2, -0.15) is 4.98 Å². The highest BCUT2D eigenvalue weighted by atomic mass is 16.7. The molecule has 2 aromatic heterocycles. The highest BCUT2D eigenvalue weighted by Crippen LogP contribution is 2.61. The lowest BCUT2D eigenvalue weighted by atomic mass is 9.59. The number of aliphatic hydroxyl groups is 3. The molecule has 0 spiro atoms. The monoisotopic (exact) mass is 625 g/mol. The van der Waals surface area contributed by atoms with Gasteiger partial charge in [-0.3, -0.25) is 24.5 Å². The maximum Gasteiger partial charge on any atom is 0.280 e. The van der Waals surface area contributed by atoms with Crippen molar-refractivity contribution in [1.82, 2.24) is 19.5 Å². The van der Waals surface area contributed by atoms with Crippen LogP contribution in [-0.2, 0) is 25.4 Å². The first-order chi connectivity index (χ1) is 22.2. The molecule has 3 aromatic carbocycles. The lowest BCUT2D eigenvalue weighted by molar-refractivity contribution is -0.326. The molecule has 1 fully saturated rings. The molecule has 0 unspecified atom stereocenters. The van der Waals surface area contributed by atoms with Gasteiger partial charge >= 0.3 is 0 Å². The van der Waals surface area contributed by atoms with Crippen molar-refractivity contribution in [1.29, 1.82) is 0 Å². The summed E-state index contributed by atoms with van der Waals surface area (Å²) < 4.78 is 14.1. The predicted molar refractivity (Wildman–Crippen MR) is 169 cm³/mol. The first-order valence-corrected chi connectivity index (χ1v) is 14.8. The largest absolute Gasteiger partial charge is 0.394 e. The minimum atomic E-state index is -2.62. The Labute approximate surface area is 264 Å². The van der Waals surface area contributed by atoms with Gasteiger partial charge in [0.25, 0.3) is 5.56 Å². The number of aliphatic hydroxyl groups excluding tert-OH is 2. The highest BCUT2D eigenvalue weighted by Gasteiger charge is 2.77. The van der Waals surface area contributed by atoms with Gasteiger partial charge in [0.2, 0.25) is 23.4 Å². The Kier molecular flexibility index (Phi) is 8.09. The predicted octanol–water partition coefficient (Wildman–Crippen LogP) is 2.49. The van der Waals surface area contributed by atoms with Gasteiger partial charge in [-0.1, -0.05) is 105 Å². The van der Waals surface area contributed by atoms with Crippen LogP contribution in [0.15, 0.2) is 102 Å². The molecule has 6 rings (SSSR count). The number of carbonyl (C=O) groups is 1. The molecular formula is C34H35N5O7. The van der Waals surface area contributed by atoms with E-state index < -0.39 is 53.1 Å². The zero-order valence-corrected chi connectivity index (χ0v) is 25.5. The van der Waals surface area contributed by atoms with Gasteiger partial charge in [0.15, 0.2) is 11.2 Å². The second-order valence-electron chi connectivity index (χ2n) is 11.5. The number of benzene rings is 3. The number of nitrogens with one attached hydrogen (secondary N) is 2. The van der Waals surface area contributed by atoms with Gasteiger partial charge in [0, 0.05) is 13.0 Å². The molecule has 1 aliphatic heterocycles. The van der Waals surface area contributed by atoms with E-state index in [1.807, 2.05) is 91.0 Å². The van der Waals surface area contributed by atoms with Crippen molar-refractivity contribution in [2.45, 2.75) is 43.0 Å². The maximum absolute atomic E-state index is 13.4. The van der Waals surface area contributed by atoms with Gasteiger partial charge in [0.05, 0.1) is 18.3 Å². The Morgan fingerprint density at radius 1 is 1.02 bits per heavy atom. The van der Waals surface area contributed by atoms with Crippen LogP contribution in [0.3, 0.4) is 0 Å². The van der Waals surface area contributed by atoms with E-state index in [2.05, 4.69) is 20.3 Å². The highest BCUT2D eigenvalue weighted by molar-refractivity contribution is 5.91. The van der Waals surface area contributed by atoms with Crippen molar-refractivity contribution in [2.75, 3.05) is 19.0 Å². The molecule has 5 aromatic rings. The molecule has 1 aliphatic rings. The van der Waals surface area contributed by atoms with Crippen LogP contribution >= 0.6 is 0 Å². The first-order valence-electron chi connectivity index (χ1n) is 14.8. The third-order valence-electron chi connectivity index (χ3n) is 8.69. The number of hydrogen-bond acceptors (Lipinski definition) is 9. The number of aromatic nitrogens is 4. The van der Waals surface area contributed by atoms with E-state index in [1.165, 1.54) is 18.0 Å². The van der Waals surface area contributed by atoms with Gasteiger partial charge in [0.1, 0.15) is 12.2 Å². The molecule has 1 amide bonds. The van der Waals surface area contributed by atoms with Crippen molar-refractivity contribution in [2.24, 2.45) is 5.92 Å². The summed E-state index contributed by atoms with van der Waals surface area (Å²) in [7, 11) is 1.22. The van der Waals surface area contributed by atoms with Crippen LogP contribution in [0.1, 0.15) is 30.5 Å². The first kappa shape index (κ1) is 31.3. The lowest BCUT2D eigenvalue weighted by Crippen LogP contribution is -2.69. The molecule has 0 saturated carbocycles. The molecule has 0 radical (unpaired) electrons. The van der Waals surface area contributed by atoms with Crippen LogP contribution < -0.4 is 10.9 Å². The number of fused-ring (bicyclic) bond motifs is 1. The number of methoxy groups -OCH3 is 1. The minimum Gasteiger partial charge on any atom is -0.394 e. The van der Waals surface area contributed by atoms with E-state index in [-0.39, 0.29) is 17.1 Å². The minimum absolute atomic E-state index is 0.0868. The summed E-state index contributed by atoms with van der Waals surface area (Å²) in [4.78, 5) is 37.6. The SMILES string of the molecule is CO[C@@]1(O)[C@H](O)[C@@H](CO)O[C@]1(n1cnc2c(=O)[nH]c(NC(=O)C(C)C)nc21)C(c1ccccc1)(c1ccccc1)c1ccccc1. The van der Waals surface area contributed by atoms with Crippen LogP contribution in [0, 0.1) is 5.92 Å². The number of aromatic amines is 1. The van der Waals surface area contributed by atoms with E-state index in [9.17, 15) is 24.9 Å². The molecule has 3 heterocycles. The number of amides is 1. The molecule has 12 nitrogen and oxygen atoms in total. The quantitative estimate of drug-likeness (QED) is 0.122. The molecule has 4 atom stereocenters.